The number of amidine groups is 1. The van der Waals surface area contributed by atoms with Crippen molar-refractivity contribution < 1.29 is 4.74 Å². The molecular formula is C11H24N2O. The Morgan fingerprint density at radius 1 is 1.36 bits per heavy atom. The molecule has 0 radical (unpaired) electrons. The van der Waals surface area contributed by atoms with Crippen LogP contribution < -0.4 is 0 Å². The van der Waals surface area contributed by atoms with Crippen molar-refractivity contribution in [3.63, 3.8) is 0 Å². The van der Waals surface area contributed by atoms with Gasteiger partial charge in [0.1, 0.15) is 12.4 Å². The van der Waals surface area contributed by atoms with Gasteiger partial charge in [0.05, 0.1) is 6.10 Å². The monoisotopic (exact) mass is 200 g/mol. The molecule has 0 saturated heterocycles. The van der Waals surface area contributed by atoms with Crippen LogP contribution in [-0.2, 0) is 4.74 Å². The summed E-state index contributed by atoms with van der Waals surface area (Å²) in [6.07, 6.45) is 1.97. The van der Waals surface area contributed by atoms with Gasteiger partial charge in [-0.3, -0.25) is 4.99 Å². The second-order valence-electron chi connectivity index (χ2n) is 2.64. The van der Waals surface area contributed by atoms with Gasteiger partial charge in [0.2, 0.25) is 0 Å². The lowest BCUT2D eigenvalue weighted by Gasteiger charge is -2.06. The maximum atomic E-state index is 5.36. The van der Waals surface area contributed by atoms with E-state index in [0.717, 1.165) is 12.4 Å². The molecule has 0 unspecified atom stereocenters. The smallest absolute Gasteiger partial charge is 0.148 e. The lowest BCUT2D eigenvalue weighted by molar-refractivity contribution is 0.110. The van der Waals surface area contributed by atoms with Crippen LogP contribution in [0.2, 0.25) is 0 Å². The average Bonchev–Trinajstić information content (AvgIpc) is 2.18. The second-order valence-corrected chi connectivity index (χ2v) is 2.64. The average molecular weight is 200 g/mol. The lowest BCUT2D eigenvalue weighted by atomic mass is 10.5. The third-order valence-corrected chi connectivity index (χ3v) is 1.16. The van der Waals surface area contributed by atoms with Gasteiger partial charge in [0.15, 0.2) is 0 Å². The summed E-state index contributed by atoms with van der Waals surface area (Å²) in [5, 5.41) is 0. The Bertz CT molecular complexity index is 163. The van der Waals surface area contributed by atoms with Crippen LogP contribution >= 0.6 is 0 Å². The highest BCUT2D eigenvalue weighted by molar-refractivity contribution is 5.90. The van der Waals surface area contributed by atoms with Crippen molar-refractivity contribution in [2.24, 2.45) is 9.98 Å². The molecule has 0 fully saturated rings. The summed E-state index contributed by atoms with van der Waals surface area (Å²) in [7, 11) is 0. The third-order valence-electron chi connectivity index (χ3n) is 1.16. The zero-order valence-electron chi connectivity index (χ0n) is 10.4. The summed E-state index contributed by atoms with van der Waals surface area (Å²) in [6, 6.07) is 0. The van der Waals surface area contributed by atoms with Crippen LogP contribution in [0.1, 0.15) is 41.5 Å². The van der Waals surface area contributed by atoms with Gasteiger partial charge in [-0.05, 0) is 27.7 Å². The minimum Gasteiger partial charge on any atom is -0.371 e. The minimum absolute atomic E-state index is 0.235. The molecule has 0 N–H and O–H groups in total. The molecule has 14 heavy (non-hydrogen) atoms. The summed E-state index contributed by atoms with van der Waals surface area (Å²) < 4.78 is 5.36. The fraction of sp³-hybridized carbons (Fsp3) is 0.818. The molecule has 0 spiro atoms. The molecule has 0 aromatic carbocycles. The largest absolute Gasteiger partial charge is 0.371 e. The molecule has 0 aliphatic carbocycles. The van der Waals surface area contributed by atoms with Crippen LogP contribution in [0.15, 0.2) is 9.98 Å². The Hall–Kier alpha value is -0.700. The fourth-order valence-electron chi connectivity index (χ4n) is 0.696. The first-order chi connectivity index (χ1) is 6.70. The lowest BCUT2D eigenvalue weighted by Crippen LogP contribution is -2.12. The van der Waals surface area contributed by atoms with Crippen molar-refractivity contribution in [3.05, 3.63) is 0 Å². The van der Waals surface area contributed by atoms with E-state index in [0.29, 0.717) is 6.61 Å². The van der Waals surface area contributed by atoms with E-state index in [9.17, 15) is 0 Å². The summed E-state index contributed by atoms with van der Waals surface area (Å²) in [4.78, 5) is 8.27. The highest BCUT2D eigenvalue weighted by atomic mass is 16.5. The number of hydrogen-bond acceptors (Lipinski definition) is 2. The van der Waals surface area contributed by atoms with Gasteiger partial charge in [-0.1, -0.05) is 13.8 Å². The summed E-state index contributed by atoms with van der Waals surface area (Å²) in [6.45, 7) is 13.1. The van der Waals surface area contributed by atoms with Crippen molar-refractivity contribution in [2.75, 3.05) is 13.2 Å². The molecule has 0 atom stereocenters. The molecule has 0 amide bonds. The fourth-order valence-corrected chi connectivity index (χ4v) is 0.696. The maximum Gasteiger partial charge on any atom is 0.148 e. The molecule has 0 aromatic rings. The van der Waals surface area contributed by atoms with Crippen LogP contribution in [0, 0.1) is 0 Å². The standard InChI is InChI=1S/C9H18N2O.C2H6/c1-5-10-9(11-6-2)7-12-8(3)4;1-2/h5,8H,6-7H2,1-4H3;1-2H3. The number of hydrogen-bond donors (Lipinski definition) is 0. The van der Waals surface area contributed by atoms with Crippen molar-refractivity contribution in [3.8, 4) is 0 Å². The predicted octanol–water partition coefficient (Wildman–Crippen LogP) is 2.95. The first-order valence-corrected chi connectivity index (χ1v) is 5.34. The summed E-state index contributed by atoms with van der Waals surface area (Å²) in [5.41, 5.74) is 0. The van der Waals surface area contributed by atoms with Crippen LogP contribution in [0.25, 0.3) is 0 Å². The van der Waals surface area contributed by atoms with Crippen LogP contribution in [0.5, 0.6) is 0 Å². The van der Waals surface area contributed by atoms with Crippen LogP contribution in [0.3, 0.4) is 0 Å². The van der Waals surface area contributed by atoms with Crippen molar-refractivity contribution in [1.82, 2.24) is 0 Å². The van der Waals surface area contributed by atoms with Crippen molar-refractivity contribution in [2.45, 2.75) is 47.6 Å². The van der Waals surface area contributed by atoms with Crippen molar-refractivity contribution >= 4 is 12.1 Å². The molecule has 0 heterocycles. The van der Waals surface area contributed by atoms with Gasteiger partial charge in [-0.15, -0.1) is 0 Å². The maximum absolute atomic E-state index is 5.36. The first kappa shape index (κ1) is 15.8. The zero-order valence-corrected chi connectivity index (χ0v) is 10.4. The molecule has 3 nitrogen and oxygen atoms in total. The quantitative estimate of drug-likeness (QED) is 0.507. The SMILES string of the molecule is CC.CC=NC(COC(C)C)=NCC. The molecule has 0 aliphatic rings. The topological polar surface area (TPSA) is 34.0 Å². The van der Waals surface area contributed by atoms with E-state index in [1.54, 1.807) is 6.21 Å². The molecule has 0 bridgehead atoms. The number of nitrogens with zero attached hydrogens (tertiary/aromatic N) is 2. The van der Waals surface area contributed by atoms with E-state index in [1.807, 2.05) is 41.5 Å². The van der Waals surface area contributed by atoms with Gasteiger partial charge in [-0.25, -0.2) is 4.99 Å². The third kappa shape index (κ3) is 11.3. The van der Waals surface area contributed by atoms with E-state index >= 15 is 0 Å². The minimum atomic E-state index is 0.235. The van der Waals surface area contributed by atoms with Crippen LogP contribution in [-0.4, -0.2) is 31.3 Å². The Balaban J connectivity index is 0. The number of rotatable bonds is 4. The van der Waals surface area contributed by atoms with Gasteiger partial charge in [0.25, 0.3) is 0 Å². The zero-order chi connectivity index (χ0) is 11.4. The van der Waals surface area contributed by atoms with E-state index in [-0.39, 0.29) is 6.10 Å². The van der Waals surface area contributed by atoms with Gasteiger partial charge < -0.3 is 4.74 Å². The van der Waals surface area contributed by atoms with Gasteiger partial charge in [0, 0.05) is 12.8 Å². The normalized spacial score (nSPS) is 11.8. The highest BCUT2D eigenvalue weighted by Gasteiger charge is 1.97. The van der Waals surface area contributed by atoms with Gasteiger partial charge >= 0.3 is 0 Å². The Labute approximate surface area is 88.3 Å². The van der Waals surface area contributed by atoms with E-state index < -0.39 is 0 Å². The molecule has 0 saturated carbocycles. The molecule has 3 heteroatoms. The summed E-state index contributed by atoms with van der Waals surface area (Å²) >= 11 is 0. The van der Waals surface area contributed by atoms with E-state index in [4.69, 9.17) is 4.74 Å². The molecule has 0 rings (SSSR count). The Morgan fingerprint density at radius 3 is 2.29 bits per heavy atom. The molecule has 0 aliphatic heterocycles. The molecular weight excluding hydrogens is 176 g/mol. The second kappa shape index (κ2) is 12.3. The summed E-state index contributed by atoms with van der Waals surface area (Å²) in [5.74, 6) is 0.772. The van der Waals surface area contributed by atoms with Crippen LogP contribution in [0.4, 0.5) is 0 Å². The predicted molar refractivity (Wildman–Crippen MR) is 64.6 cm³/mol. The van der Waals surface area contributed by atoms with E-state index in [2.05, 4.69) is 9.98 Å². The first-order valence-electron chi connectivity index (χ1n) is 5.34. The molecule has 0 aromatic heterocycles. The highest BCUT2D eigenvalue weighted by Crippen LogP contribution is 1.90. The molecule has 84 valence electrons. The van der Waals surface area contributed by atoms with E-state index in [1.165, 1.54) is 0 Å². The number of ether oxygens (including phenoxy) is 1. The number of aliphatic imine (C=N–C) groups is 2. The van der Waals surface area contributed by atoms with Crippen molar-refractivity contribution in [1.29, 1.82) is 0 Å². The van der Waals surface area contributed by atoms with Gasteiger partial charge in [-0.2, -0.15) is 0 Å². The Kier molecular flexibility index (Phi) is 13.8. The Morgan fingerprint density at radius 2 is 1.93 bits per heavy atom.